The van der Waals surface area contributed by atoms with Gasteiger partial charge in [-0.05, 0) is 76.4 Å². The molecule has 23 heavy (non-hydrogen) atoms. The first-order valence-corrected chi connectivity index (χ1v) is 8.73. The lowest BCUT2D eigenvalue weighted by Gasteiger charge is -2.22. The van der Waals surface area contributed by atoms with E-state index in [0.717, 1.165) is 25.8 Å². The maximum atomic E-state index is 4.86. The molecule has 2 heterocycles. The van der Waals surface area contributed by atoms with Crippen molar-refractivity contribution >= 4 is 17.5 Å². The molecule has 1 unspecified atom stereocenters. The van der Waals surface area contributed by atoms with Gasteiger partial charge in [0.25, 0.3) is 0 Å². The number of hydrogen-bond donors (Lipinski definition) is 0. The fraction of sp³-hybridized carbons (Fsp3) is 0.450. The van der Waals surface area contributed by atoms with Gasteiger partial charge in [-0.2, -0.15) is 0 Å². The van der Waals surface area contributed by atoms with Crippen LogP contribution in [0.25, 0.3) is 11.3 Å². The quantitative estimate of drug-likeness (QED) is 0.824. The number of aromatic nitrogens is 1. The third-order valence-electron chi connectivity index (χ3n) is 5.10. The van der Waals surface area contributed by atoms with Crippen LogP contribution in [0.3, 0.4) is 0 Å². The third kappa shape index (κ3) is 2.74. The molecular formula is C20H25N3. The molecule has 3 nitrogen and oxygen atoms in total. The normalized spacial score (nSPS) is 22.0. The molecular weight excluding hydrogens is 282 g/mol. The molecule has 1 aromatic rings. The van der Waals surface area contributed by atoms with Crippen molar-refractivity contribution in [3.05, 3.63) is 47.4 Å². The van der Waals surface area contributed by atoms with Crippen molar-refractivity contribution in [2.24, 2.45) is 10.9 Å². The Hall–Kier alpha value is -1.87. The predicted octanol–water partition coefficient (Wildman–Crippen LogP) is 3.99. The van der Waals surface area contributed by atoms with E-state index in [4.69, 9.17) is 4.99 Å². The molecule has 0 radical (unpaired) electrons. The molecule has 1 aromatic heterocycles. The van der Waals surface area contributed by atoms with Crippen LogP contribution in [0.15, 0.2) is 41.2 Å². The van der Waals surface area contributed by atoms with Crippen molar-refractivity contribution in [3.63, 3.8) is 0 Å². The molecule has 1 atom stereocenters. The van der Waals surface area contributed by atoms with Gasteiger partial charge >= 0.3 is 0 Å². The lowest BCUT2D eigenvalue weighted by molar-refractivity contribution is 0.379. The number of rotatable bonds is 4. The summed E-state index contributed by atoms with van der Waals surface area (Å²) in [4.78, 5) is 7.12. The number of nitrogens with zero attached hydrogens (tertiary/aromatic N) is 3. The van der Waals surface area contributed by atoms with Crippen molar-refractivity contribution in [2.45, 2.75) is 32.1 Å². The highest BCUT2D eigenvalue weighted by Gasteiger charge is 2.24. The van der Waals surface area contributed by atoms with Crippen LogP contribution in [0, 0.1) is 5.92 Å². The SMILES string of the molecule is CN(C)CCCC1C=CC2=C(C1)N=CC1=CCCc3ccn2c31. The Bertz CT molecular complexity index is 728. The van der Waals surface area contributed by atoms with Gasteiger partial charge in [0.1, 0.15) is 0 Å². The molecule has 3 heteroatoms. The first kappa shape index (κ1) is 14.7. The lowest BCUT2D eigenvalue weighted by Crippen LogP contribution is -2.15. The van der Waals surface area contributed by atoms with Crippen LogP contribution >= 0.6 is 0 Å². The minimum atomic E-state index is 0.625. The first-order chi connectivity index (χ1) is 11.2. The van der Waals surface area contributed by atoms with E-state index in [0.29, 0.717) is 5.92 Å². The molecule has 4 rings (SSSR count). The maximum absolute atomic E-state index is 4.86. The molecule has 0 spiro atoms. The third-order valence-corrected chi connectivity index (χ3v) is 5.10. The van der Waals surface area contributed by atoms with Gasteiger partial charge in [-0.1, -0.05) is 12.2 Å². The second-order valence-corrected chi connectivity index (χ2v) is 7.12. The summed E-state index contributed by atoms with van der Waals surface area (Å²) in [5.74, 6) is 0.625. The molecule has 0 fully saturated rings. The fourth-order valence-electron chi connectivity index (χ4n) is 3.89. The molecule has 3 aliphatic rings. The highest BCUT2D eigenvalue weighted by Crippen LogP contribution is 2.37. The van der Waals surface area contributed by atoms with Crippen LogP contribution in [0.4, 0.5) is 0 Å². The lowest BCUT2D eigenvalue weighted by atomic mass is 9.92. The van der Waals surface area contributed by atoms with Crippen molar-refractivity contribution in [3.8, 4) is 0 Å². The van der Waals surface area contributed by atoms with Crippen LogP contribution in [0.5, 0.6) is 0 Å². The van der Waals surface area contributed by atoms with Gasteiger partial charge < -0.3 is 9.47 Å². The van der Waals surface area contributed by atoms with Gasteiger partial charge in [-0.25, -0.2) is 0 Å². The van der Waals surface area contributed by atoms with Gasteiger partial charge in [-0.15, -0.1) is 0 Å². The zero-order chi connectivity index (χ0) is 15.8. The van der Waals surface area contributed by atoms with E-state index in [1.165, 1.54) is 41.1 Å². The second-order valence-electron chi connectivity index (χ2n) is 7.12. The van der Waals surface area contributed by atoms with Crippen molar-refractivity contribution in [1.82, 2.24) is 9.47 Å². The number of hydrogen-bond acceptors (Lipinski definition) is 2. The van der Waals surface area contributed by atoms with E-state index in [9.17, 15) is 0 Å². The van der Waals surface area contributed by atoms with E-state index < -0.39 is 0 Å². The summed E-state index contributed by atoms with van der Waals surface area (Å²) in [5, 5.41) is 0. The molecule has 0 aromatic carbocycles. The fourth-order valence-corrected chi connectivity index (χ4v) is 3.89. The van der Waals surface area contributed by atoms with E-state index in [1.807, 2.05) is 0 Å². The molecule has 0 N–H and O–H groups in total. The van der Waals surface area contributed by atoms with Crippen LogP contribution < -0.4 is 0 Å². The second kappa shape index (κ2) is 5.97. The minimum Gasteiger partial charge on any atom is -0.314 e. The standard InChI is InChI=1S/C20H25N3/c1-22(2)11-4-5-15-8-9-19-18(13-15)21-14-17-7-3-6-16-10-12-23(19)20(16)17/h7-10,12,14-15H,3-6,11,13H2,1-2H3. The van der Waals surface area contributed by atoms with Crippen molar-refractivity contribution in [1.29, 1.82) is 0 Å². The summed E-state index contributed by atoms with van der Waals surface area (Å²) >= 11 is 0. The summed E-state index contributed by atoms with van der Waals surface area (Å²) in [6.45, 7) is 1.16. The first-order valence-electron chi connectivity index (χ1n) is 8.73. The monoisotopic (exact) mass is 307 g/mol. The van der Waals surface area contributed by atoms with E-state index in [1.54, 1.807) is 0 Å². The van der Waals surface area contributed by atoms with E-state index in [2.05, 4.69) is 60.3 Å². The highest BCUT2D eigenvalue weighted by atomic mass is 15.0. The molecule has 120 valence electrons. The Kier molecular flexibility index (Phi) is 3.82. The molecule has 0 saturated carbocycles. The smallest absolute Gasteiger partial charge is 0.0668 e. The topological polar surface area (TPSA) is 20.5 Å². The molecule has 0 amide bonds. The number of fused-ring (bicyclic) bond motifs is 1. The van der Waals surface area contributed by atoms with Crippen molar-refractivity contribution < 1.29 is 0 Å². The Morgan fingerprint density at radius 2 is 2.26 bits per heavy atom. The zero-order valence-corrected chi connectivity index (χ0v) is 14.1. The van der Waals surface area contributed by atoms with Gasteiger partial charge in [0.15, 0.2) is 0 Å². The Morgan fingerprint density at radius 1 is 1.35 bits per heavy atom. The Balaban J connectivity index is 1.59. The van der Waals surface area contributed by atoms with Crippen LogP contribution in [0.1, 0.15) is 36.9 Å². The van der Waals surface area contributed by atoms with E-state index >= 15 is 0 Å². The number of aliphatic imine (C=N–C) groups is 1. The van der Waals surface area contributed by atoms with Crippen molar-refractivity contribution in [2.75, 3.05) is 20.6 Å². The predicted molar refractivity (Wildman–Crippen MR) is 97.5 cm³/mol. The van der Waals surface area contributed by atoms with Gasteiger partial charge in [0.2, 0.25) is 0 Å². The molecule has 2 aliphatic carbocycles. The van der Waals surface area contributed by atoms with E-state index in [-0.39, 0.29) is 0 Å². The highest BCUT2D eigenvalue weighted by molar-refractivity contribution is 6.11. The molecule has 0 saturated heterocycles. The zero-order valence-electron chi connectivity index (χ0n) is 14.1. The Labute approximate surface area is 138 Å². The summed E-state index contributed by atoms with van der Waals surface area (Å²) in [5.41, 5.74) is 6.64. The van der Waals surface area contributed by atoms with Gasteiger partial charge in [0, 0.05) is 18.0 Å². The van der Waals surface area contributed by atoms with Crippen LogP contribution in [-0.2, 0) is 6.42 Å². The average molecular weight is 307 g/mol. The molecule has 1 aliphatic heterocycles. The Morgan fingerprint density at radius 3 is 3.13 bits per heavy atom. The van der Waals surface area contributed by atoms with Gasteiger partial charge in [-0.3, -0.25) is 4.99 Å². The van der Waals surface area contributed by atoms with Gasteiger partial charge in [0.05, 0.1) is 17.1 Å². The van der Waals surface area contributed by atoms with Crippen LogP contribution in [0.2, 0.25) is 0 Å². The minimum absolute atomic E-state index is 0.625. The number of aryl methyl sites for hydroxylation is 1. The largest absolute Gasteiger partial charge is 0.314 e. The van der Waals surface area contributed by atoms with Crippen LogP contribution in [-0.4, -0.2) is 36.3 Å². The number of allylic oxidation sites excluding steroid dienone is 6. The summed E-state index contributed by atoms with van der Waals surface area (Å²) in [7, 11) is 4.29. The summed E-state index contributed by atoms with van der Waals surface area (Å²) in [6.07, 6.45) is 17.2. The summed E-state index contributed by atoms with van der Waals surface area (Å²) in [6, 6.07) is 2.28. The summed E-state index contributed by atoms with van der Waals surface area (Å²) < 4.78 is 2.36. The maximum Gasteiger partial charge on any atom is 0.0668 e. The molecule has 0 bridgehead atoms. The average Bonchev–Trinajstić information content (AvgIpc) is 2.90.